The van der Waals surface area contributed by atoms with Gasteiger partial charge in [0.2, 0.25) is 10.0 Å². The van der Waals surface area contributed by atoms with Crippen molar-refractivity contribution in [3.63, 3.8) is 0 Å². The highest BCUT2D eigenvalue weighted by molar-refractivity contribution is 7.88. The molecule has 1 saturated carbocycles. The highest BCUT2D eigenvalue weighted by atomic mass is 32.2. The van der Waals surface area contributed by atoms with Gasteiger partial charge in [0.15, 0.2) is 0 Å². The van der Waals surface area contributed by atoms with Crippen molar-refractivity contribution < 1.29 is 18.3 Å². The Morgan fingerprint density at radius 3 is 2.21 bits per heavy atom. The summed E-state index contributed by atoms with van der Waals surface area (Å²) in [6, 6.07) is 18.4. The smallest absolute Gasteiger partial charge is 0.317 e. The van der Waals surface area contributed by atoms with Crippen LogP contribution in [0.15, 0.2) is 60.7 Å². The first-order valence-electron chi connectivity index (χ1n) is 11.7. The molecule has 2 amide bonds. The minimum absolute atomic E-state index is 0.118. The topological polar surface area (TPSA) is 90.0 Å². The Kier molecular flexibility index (Phi) is 5.93. The van der Waals surface area contributed by atoms with Crippen LogP contribution in [0.5, 0.6) is 0 Å². The number of carbonyl (C=O) groups is 1. The molecule has 0 unspecified atom stereocenters. The molecule has 2 aromatic rings. The lowest BCUT2D eigenvalue weighted by molar-refractivity contribution is -0.126. The van der Waals surface area contributed by atoms with Crippen molar-refractivity contribution in [1.82, 2.24) is 14.5 Å². The summed E-state index contributed by atoms with van der Waals surface area (Å²) in [4.78, 5) is 14.6. The molecule has 2 aromatic carbocycles. The Morgan fingerprint density at radius 2 is 1.61 bits per heavy atom. The minimum Gasteiger partial charge on any atom is -0.395 e. The summed E-state index contributed by atoms with van der Waals surface area (Å²) in [5.41, 5.74) is 0.983. The summed E-state index contributed by atoms with van der Waals surface area (Å²) in [6.45, 7) is 0.398. The van der Waals surface area contributed by atoms with E-state index in [0.717, 1.165) is 31.2 Å². The van der Waals surface area contributed by atoms with Gasteiger partial charge in [-0.25, -0.2) is 13.2 Å². The molecule has 5 rings (SSSR count). The van der Waals surface area contributed by atoms with Crippen LogP contribution in [0.25, 0.3) is 0 Å². The Bertz CT molecular complexity index is 1080. The third-order valence-electron chi connectivity index (χ3n) is 7.44. The molecular formula is C25H31N3O4S. The second-order valence-electron chi connectivity index (χ2n) is 9.57. The fourth-order valence-corrected chi connectivity index (χ4v) is 8.16. The van der Waals surface area contributed by atoms with Crippen molar-refractivity contribution >= 4 is 16.1 Å². The van der Waals surface area contributed by atoms with Crippen LogP contribution in [-0.2, 0) is 15.8 Å². The number of sulfonamides is 1. The maximum absolute atomic E-state index is 13.6. The summed E-state index contributed by atoms with van der Waals surface area (Å²) in [5.74, 6) is -0.285. The van der Waals surface area contributed by atoms with Crippen LogP contribution in [0.3, 0.4) is 0 Å². The van der Waals surface area contributed by atoms with Crippen molar-refractivity contribution in [3.05, 3.63) is 71.8 Å². The maximum Gasteiger partial charge on any atom is 0.317 e. The Labute approximate surface area is 195 Å². The molecule has 7 nitrogen and oxygen atoms in total. The highest BCUT2D eigenvalue weighted by Crippen LogP contribution is 2.55. The second kappa shape index (κ2) is 8.74. The summed E-state index contributed by atoms with van der Waals surface area (Å²) in [6.07, 6.45) is 4.27. The standard InChI is InChI=1S/C25H31N3O4S/c29-15-22-23(20-11-5-2-6-12-20)25(17-27(18-25)24(30)26-21-13-7-8-14-21)28(22)33(31,32)16-19-9-3-1-4-10-19/h1-6,9-12,21-23,29H,7-8,13-18H2,(H,26,30)/t22-,23+/m0/s1. The fourth-order valence-electron chi connectivity index (χ4n) is 6.02. The summed E-state index contributed by atoms with van der Waals surface area (Å²) in [5, 5.41) is 13.3. The van der Waals surface area contributed by atoms with Gasteiger partial charge in [-0.2, -0.15) is 4.31 Å². The normalized spacial score (nSPS) is 24.9. The molecule has 2 atom stereocenters. The lowest BCUT2D eigenvalue weighted by Gasteiger charge is -2.69. The number of amides is 2. The first-order valence-corrected chi connectivity index (χ1v) is 13.3. The molecule has 2 aliphatic heterocycles. The van der Waals surface area contributed by atoms with E-state index in [4.69, 9.17) is 0 Å². The number of rotatable bonds is 6. The molecule has 2 saturated heterocycles. The van der Waals surface area contributed by atoms with Gasteiger partial charge in [-0.15, -0.1) is 0 Å². The molecule has 3 fully saturated rings. The third-order valence-corrected chi connectivity index (χ3v) is 9.37. The average molecular weight is 470 g/mol. The largest absolute Gasteiger partial charge is 0.395 e. The molecular weight excluding hydrogens is 438 g/mol. The first-order chi connectivity index (χ1) is 15.9. The maximum atomic E-state index is 13.6. The van der Waals surface area contributed by atoms with Crippen molar-refractivity contribution in [2.75, 3.05) is 19.7 Å². The lowest BCUT2D eigenvalue weighted by Crippen LogP contribution is -2.86. The number of hydrogen-bond acceptors (Lipinski definition) is 4. The molecule has 0 aromatic heterocycles. The van der Waals surface area contributed by atoms with Crippen LogP contribution in [0, 0.1) is 0 Å². The molecule has 33 heavy (non-hydrogen) atoms. The molecule has 3 aliphatic rings. The van der Waals surface area contributed by atoms with Gasteiger partial charge in [-0.1, -0.05) is 73.5 Å². The number of benzene rings is 2. The number of hydrogen-bond donors (Lipinski definition) is 2. The van der Waals surface area contributed by atoms with Gasteiger partial charge < -0.3 is 15.3 Å². The van der Waals surface area contributed by atoms with E-state index < -0.39 is 21.6 Å². The van der Waals surface area contributed by atoms with E-state index in [0.29, 0.717) is 18.7 Å². The minimum atomic E-state index is -3.70. The van der Waals surface area contributed by atoms with E-state index in [1.165, 1.54) is 4.31 Å². The van der Waals surface area contributed by atoms with E-state index >= 15 is 0 Å². The zero-order valence-corrected chi connectivity index (χ0v) is 19.5. The van der Waals surface area contributed by atoms with Gasteiger partial charge >= 0.3 is 6.03 Å². The monoisotopic (exact) mass is 469 g/mol. The highest BCUT2D eigenvalue weighted by Gasteiger charge is 2.70. The van der Waals surface area contributed by atoms with Crippen LogP contribution >= 0.6 is 0 Å². The predicted octanol–water partition coefficient (Wildman–Crippen LogP) is 2.68. The van der Waals surface area contributed by atoms with Gasteiger partial charge in [0.05, 0.1) is 23.9 Å². The second-order valence-corrected chi connectivity index (χ2v) is 11.4. The number of nitrogens with zero attached hydrogens (tertiary/aromatic N) is 2. The van der Waals surface area contributed by atoms with E-state index in [1.54, 1.807) is 17.0 Å². The lowest BCUT2D eigenvalue weighted by atomic mass is 9.63. The molecule has 2 N–H and O–H groups in total. The van der Waals surface area contributed by atoms with E-state index in [-0.39, 0.29) is 30.4 Å². The number of urea groups is 1. The van der Waals surface area contributed by atoms with Crippen LogP contribution < -0.4 is 5.32 Å². The number of aliphatic hydroxyl groups is 1. The first kappa shape index (κ1) is 22.4. The summed E-state index contributed by atoms with van der Waals surface area (Å²) >= 11 is 0. The van der Waals surface area contributed by atoms with Crippen LogP contribution in [0.4, 0.5) is 4.79 Å². The van der Waals surface area contributed by atoms with Gasteiger partial charge in [-0.3, -0.25) is 0 Å². The zero-order chi connectivity index (χ0) is 23.1. The summed E-state index contributed by atoms with van der Waals surface area (Å²) in [7, 11) is -3.70. The van der Waals surface area contributed by atoms with Crippen LogP contribution in [0.1, 0.15) is 42.7 Å². The van der Waals surface area contributed by atoms with E-state index in [1.807, 2.05) is 48.5 Å². The Hall–Kier alpha value is -2.42. The SMILES string of the molecule is O=C(NC1CCCC1)N1CC2(C1)[C@H](c1ccccc1)[C@H](CO)N2S(=O)(=O)Cc1ccccc1. The van der Waals surface area contributed by atoms with Crippen molar-refractivity contribution in [1.29, 1.82) is 0 Å². The number of nitrogens with one attached hydrogen (secondary N) is 1. The molecule has 0 radical (unpaired) electrons. The number of aliphatic hydroxyl groups excluding tert-OH is 1. The molecule has 8 heteroatoms. The third kappa shape index (κ3) is 3.94. The number of carbonyl (C=O) groups excluding carboxylic acids is 1. The Balaban J connectivity index is 1.41. The quantitative estimate of drug-likeness (QED) is 0.681. The summed E-state index contributed by atoms with van der Waals surface area (Å²) < 4.78 is 28.7. The Morgan fingerprint density at radius 1 is 1.00 bits per heavy atom. The van der Waals surface area contributed by atoms with Crippen molar-refractivity contribution in [3.8, 4) is 0 Å². The molecule has 176 valence electrons. The van der Waals surface area contributed by atoms with Gasteiger partial charge in [0, 0.05) is 25.0 Å². The van der Waals surface area contributed by atoms with Crippen molar-refractivity contribution in [2.24, 2.45) is 0 Å². The van der Waals surface area contributed by atoms with E-state index in [9.17, 15) is 18.3 Å². The average Bonchev–Trinajstić information content (AvgIpc) is 3.26. The van der Waals surface area contributed by atoms with Gasteiger partial charge in [-0.05, 0) is 24.0 Å². The molecule has 2 heterocycles. The van der Waals surface area contributed by atoms with Gasteiger partial charge in [0.1, 0.15) is 0 Å². The van der Waals surface area contributed by atoms with Crippen LogP contribution in [-0.4, -0.2) is 66.1 Å². The fraction of sp³-hybridized carbons (Fsp3) is 0.480. The van der Waals surface area contributed by atoms with Gasteiger partial charge in [0.25, 0.3) is 0 Å². The van der Waals surface area contributed by atoms with Crippen molar-refractivity contribution in [2.45, 2.75) is 55.0 Å². The molecule has 1 spiro atoms. The molecule has 1 aliphatic carbocycles. The molecule has 0 bridgehead atoms. The zero-order valence-electron chi connectivity index (χ0n) is 18.6. The predicted molar refractivity (Wildman–Crippen MR) is 126 cm³/mol. The van der Waals surface area contributed by atoms with E-state index in [2.05, 4.69) is 5.32 Å². The van der Waals surface area contributed by atoms with Crippen LogP contribution in [0.2, 0.25) is 0 Å². The number of likely N-dealkylation sites (tertiary alicyclic amines) is 1.